The fourth-order valence-corrected chi connectivity index (χ4v) is 2.80. The van der Waals surface area contributed by atoms with Crippen LogP contribution in [0.5, 0.6) is 0 Å². The maximum Gasteiger partial charge on any atom is 0.165 e. The topological polar surface area (TPSA) is 50.9 Å². The molecule has 0 aliphatic carbocycles. The molecule has 1 N–H and O–H groups in total. The largest absolute Gasteiger partial charge is 0.372 e. The number of benzene rings is 2. The molecule has 26 heavy (non-hydrogen) atoms. The molecular formula is C22H17N3O. The summed E-state index contributed by atoms with van der Waals surface area (Å²) in [4.78, 5) is 4.19. The molecule has 0 saturated heterocycles. The lowest BCUT2D eigenvalue weighted by Crippen LogP contribution is -2.19. The lowest BCUT2D eigenvalue weighted by molar-refractivity contribution is 0.117. The van der Waals surface area contributed by atoms with Crippen LogP contribution >= 0.6 is 0 Å². The first-order chi connectivity index (χ1) is 12.6. The predicted octanol–water partition coefficient (Wildman–Crippen LogP) is 3.68. The van der Waals surface area contributed by atoms with Crippen molar-refractivity contribution in [3.8, 4) is 17.5 Å². The van der Waals surface area contributed by atoms with E-state index in [1.807, 2.05) is 71.5 Å². The minimum Gasteiger partial charge on any atom is -0.372 e. The van der Waals surface area contributed by atoms with Gasteiger partial charge in [-0.15, -0.1) is 0 Å². The van der Waals surface area contributed by atoms with Crippen molar-refractivity contribution in [1.29, 1.82) is 0 Å². The Kier molecular flexibility index (Phi) is 4.00. The molecule has 0 fully saturated rings. The zero-order chi connectivity index (χ0) is 18.0. The van der Waals surface area contributed by atoms with Gasteiger partial charge in [0.15, 0.2) is 5.60 Å². The number of hydrogen-bond acceptors (Lipinski definition) is 3. The van der Waals surface area contributed by atoms with E-state index in [0.29, 0.717) is 5.69 Å². The van der Waals surface area contributed by atoms with Crippen LogP contribution in [0.2, 0.25) is 0 Å². The van der Waals surface area contributed by atoms with E-state index in [4.69, 9.17) is 0 Å². The number of nitrogens with zero attached hydrogens (tertiary/aromatic N) is 3. The Morgan fingerprint density at radius 2 is 1.85 bits per heavy atom. The summed E-state index contributed by atoms with van der Waals surface area (Å²) >= 11 is 0. The summed E-state index contributed by atoms with van der Waals surface area (Å²) in [5, 5.41) is 16.1. The van der Waals surface area contributed by atoms with Crippen LogP contribution < -0.4 is 0 Å². The molecule has 0 aliphatic heterocycles. The van der Waals surface area contributed by atoms with E-state index < -0.39 is 5.60 Å². The summed E-state index contributed by atoms with van der Waals surface area (Å²) in [6.07, 6.45) is 3.49. The van der Waals surface area contributed by atoms with Crippen molar-refractivity contribution in [1.82, 2.24) is 14.8 Å². The van der Waals surface area contributed by atoms with E-state index in [2.05, 4.69) is 21.9 Å². The van der Waals surface area contributed by atoms with E-state index >= 15 is 0 Å². The fraction of sp³-hybridized carbons (Fsp3) is 0.0909. The van der Waals surface area contributed by atoms with Gasteiger partial charge in [-0.1, -0.05) is 42.2 Å². The highest BCUT2D eigenvalue weighted by molar-refractivity contribution is 5.80. The van der Waals surface area contributed by atoms with Crippen LogP contribution in [0.15, 0.2) is 79.1 Å². The number of aliphatic hydroxyl groups is 1. The highest BCUT2D eigenvalue weighted by Gasteiger charge is 2.21. The monoisotopic (exact) mass is 339 g/mol. The maximum absolute atomic E-state index is 10.6. The van der Waals surface area contributed by atoms with Crippen molar-refractivity contribution < 1.29 is 5.11 Å². The minimum absolute atomic E-state index is 0.529. The molecule has 0 amide bonds. The Labute approximate surface area is 151 Å². The van der Waals surface area contributed by atoms with Crippen LogP contribution in [-0.4, -0.2) is 19.9 Å². The number of hydrogen-bond donors (Lipinski definition) is 1. The Bertz CT molecular complexity index is 1120. The fourth-order valence-electron chi connectivity index (χ4n) is 2.80. The second-order valence-electron chi connectivity index (χ2n) is 6.20. The van der Waals surface area contributed by atoms with E-state index in [9.17, 15) is 5.11 Å². The van der Waals surface area contributed by atoms with Gasteiger partial charge >= 0.3 is 0 Å². The van der Waals surface area contributed by atoms with Gasteiger partial charge in [0.1, 0.15) is 0 Å². The molecule has 2 heterocycles. The van der Waals surface area contributed by atoms with Crippen molar-refractivity contribution in [3.63, 3.8) is 0 Å². The maximum atomic E-state index is 10.6. The summed E-state index contributed by atoms with van der Waals surface area (Å²) < 4.78 is 1.89. The highest BCUT2D eigenvalue weighted by atomic mass is 16.3. The molecule has 2 aromatic carbocycles. The van der Waals surface area contributed by atoms with E-state index in [-0.39, 0.29) is 0 Å². The van der Waals surface area contributed by atoms with Crippen LogP contribution in [-0.2, 0) is 5.60 Å². The molecule has 0 radical (unpaired) electrons. The average Bonchev–Trinajstić information content (AvgIpc) is 3.12. The molecule has 2 aromatic heterocycles. The summed E-state index contributed by atoms with van der Waals surface area (Å²) in [7, 11) is 0. The van der Waals surface area contributed by atoms with Crippen molar-refractivity contribution in [2.45, 2.75) is 12.5 Å². The van der Waals surface area contributed by atoms with Crippen molar-refractivity contribution in [3.05, 3.63) is 90.4 Å². The van der Waals surface area contributed by atoms with Crippen LogP contribution in [0.25, 0.3) is 16.6 Å². The summed E-state index contributed by atoms with van der Waals surface area (Å²) in [5.41, 5.74) is 1.99. The highest BCUT2D eigenvalue weighted by Crippen LogP contribution is 2.19. The van der Waals surface area contributed by atoms with Gasteiger partial charge in [0.2, 0.25) is 0 Å². The zero-order valence-electron chi connectivity index (χ0n) is 14.3. The molecule has 0 spiro atoms. The smallest absolute Gasteiger partial charge is 0.165 e. The normalized spacial score (nSPS) is 13.0. The molecule has 4 nitrogen and oxygen atoms in total. The minimum atomic E-state index is -1.31. The predicted molar refractivity (Wildman–Crippen MR) is 102 cm³/mol. The van der Waals surface area contributed by atoms with Crippen LogP contribution in [0.4, 0.5) is 0 Å². The third-order valence-electron chi connectivity index (χ3n) is 4.18. The molecule has 0 saturated carbocycles. The first-order valence-electron chi connectivity index (χ1n) is 8.34. The summed E-state index contributed by atoms with van der Waals surface area (Å²) in [5.74, 6) is 5.97. The third kappa shape index (κ3) is 3.08. The lowest BCUT2D eigenvalue weighted by atomic mass is 10.0. The molecule has 4 rings (SSSR count). The van der Waals surface area contributed by atoms with E-state index in [1.165, 1.54) is 0 Å². The van der Waals surface area contributed by atoms with Crippen LogP contribution in [0.3, 0.4) is 0 Å². The third-order valence-corrected chi connectivity index (χ3v) is 4.18. The van der Waals surface area contributed by atoms with Gasteiger partial charge in [-0.05, 0) is 43.3 Å². The molecule has 4 aromatic rings. The van der Waals surface area contributed by atoms with Gasteiger partial charge in [0.25, 0.3) is 0 Å². The number of rotatable bonds is 2. The van der Waals surface area contributed by atoms with Crippen LogP contribution in [0.1, 0.15) is 18.2 Å². The average molecular weight is 339 g/mol. The quantitative estimate of drug-likeness (QED) is 0.567. The number of para-hydroxylation sites is 1. The molecule has 126 valence electrons. The molecule has 0 bridgehead atoms. The molecule has 1 atom stereocenters. The second kappa shape index (κ2) is 6.47. The van der Waals surface area contributed by atoms with Gasteiger partial charge in [-0.3, -0.25) is 4.98 Å². The number of fused-ring (bicyclic) bond motifs is 1. The first-order valence-corrected chi connectivity index (χ1v) is 8.34. The van der Waals surface area contributed by atoms with Gasteiger partial charge < -0.3 is 5.11 Å². The van der Waals surface area contributed by atoms with Gasteiger partial charge in [0.05, 0.1) is 23.1 Å². The Morgan fingerprint density at radius 3 is 2.69 bits per heavy atom. The Hall–Kier alpha value is -3.42. The lowest BCUT2D eigenvalue weighted by Gasteiger charge is -2.15. The van der Waals surface area contributed by atoms with Gasteiger partial charge in [-0.2, -0.15) is 5.10 Å². The SMILES string of the molecule is C[C@@](O)(C#Cc1cccc(-n2ncc3ccccc32)c1)c1ccccn1. The summed E-state index contributed by atoms with van der Waals surface area (Å²) in [6.45, 7) is 1.65. The van der Waals surface area contributed by atoms with Crippen molar-refractivity contribution >= 4 is 10.9 Å². The van der Waals surface area contributed by atoms with E-state index in [1.54, 1.807) is 19.2 Å². The van der Waals surface area contributed by atoms with Gasteiger partial charge in [-0.25, -0.2) is 4.68 Å². The van der Waals surface area contributed by atoms with Crippen LogP contribution in [0, 0.1) is 11.8 Å². The summed E-state index contributed by atoms with van der Waals surface area (Å²) in [6, 6.07) is 21.3. The first kappa shape index (κ1) is 16.1. The molecule has 0 aliphatic rings. The van der Waals surface area contributed by atoms with Crippen molar-refractivity contribution in [2.24, 2.45) is 0 Å². The molecule has 0 unspecified atom stereocenters. The number of pyridine rings is 1. The second-order valence-corrected chi connectivity index (χ2v) is 6.20. The van der Waals surface area contributed by atoms with Gasteiger partial charge in [0, 0.05) is 17.1 Å². The van der Waals surface area contributed by atoms with E-state index in [0.717, 1.165) is 22.2 Å². The Balaban J connectivity index is 1.70. The van der Waals surface area contributed by atoms with Crippen molar-refractivity contribution in [2.75, 3.05) is 0 Å². The molecule has 4 heteroatoms. The number of aromatic nitrogens is 3. The zero-order valence-corrected chi connectivity index (χ0v) is 14.3. The molecular weight excluding hydrogens is 322 g/mol. The Morgan fingerprint density at radius 1 is 1.00 bits per heavy atom. The standard InChI is InChI=1S/C22H17N3O/c1-22(26,21-11-4-5-14-23-21)13-12-17-7-6-9-19(15-17)25-20-10-3-2-8-18(20)16-24-25/h2-11,14-16,26H,1H3/t22-/m1/s1.